The molecule has 1 unspecified atom stereocenters. The van der Waals surface area contributed by atoms with Crippen molar-refractivity contribution in [2.45, 2.75) is 19.5 Å². The highest BCUT2D eigenvalue weighted by molar-refractivity contribution is 9.10. The number of rotatable bonds is 6. The topological polar surface area (TPSA) is 45.0 Å². The molecule has 0 amide bonds. The minimum atomic E-state index is 0.0837. The van der Waals surface area contributed by atoms with Crippen LogP contribution in [0.15, 0.2) is 40.2 Å². The number of hydrogen-bond donors (Lipinski definition) is 1. The van der Waals surface area contributed by atoms with Crippen LogP contribution in [0.1, 0.15) is 23.4 Å². The predicted molar refractivity (Wildman–Crippen MR) is 84.8 cm³/mol. The number of nitrogens with one attached hydrogen (secondary N) is 1. The highest BCUT2D eigenvalue weighted by Gasteiger charge is 2.06. The molecule has 0 aliphatic rings. The lowest BCUT2D eigenvalue weighted by molar-refractivity contribution is 0.368. The molecule has 0 fully saturated rings. The Balaban J connectivity index is 1.88. The maximum atomic E-state index is 8.46. The van der Waals surface area contributed by atoms with Crippen LogP contribution in [0.4, 0.5) is 0 Å². The monoisotopic (exact) mass is 350 g/mol. The summed E-state index contributed by atoms with van der Waals surface area (Å²) in [6.45, 7) is 3.07. The third-order valence-electron chi connectivity index (χ3n) is 2.89. The Hall–Kier alpha value is -1.35. The molecule has 5 heteroatoms. The predicted octanol–water partition coefficient (Wildman–Crippen LogP) is 4.26. The second-order valence-electron chi connectivity index (χ2n) is 4.35. The first-order chi connectivity index (χ1) is 9.69. The van der Waals surface area contributed by atoms with Crippen LogP contribution in [0.25, 0.3) is 0 Å². The summed E-state index contributed by atoms with van der Waals surface area (Å²) in [5.41, 5.74) is 1.20. The van der Waals surface area contributed by atoms with Crippen molar-refractivity contribution in [2.75, 3.05) is 6.61 Å². The van der Waals surface area contributed by atoms with Crippen LogP contribution in [0, 0.1) is 11.3 Å². The Labute approximate surface area is 131 Å². The van der Waals surface area contributed by atoms with Crippen molar-refractivity contribution in [3.63, 3.8) is 0 Å². The Bertz CT molecular complexity index is 589. The summed E-state index contributed by atoms with van der Waals surface area (Å²) in [4.78, 5) is 1.30. The van der Waals surface area contributed by atoms with Gasteiger partial charge < -0.3 is 10.1 Å². The zero-order chi connectivity index (χ0) is 14.4. The Morgan fingerprint density at radius 2 is 2.15 bits per heavy atom. The molecule has 0 radical (unpaired) electrons. The number of halogens is 1. The average Bonchev–Trinajstić information content (AvgIpc) is 2.89. The van der Waals surface area contributed by atoms with Crippen LogP contribution in [0.3, 0.4) is 0 Å². The smallest absolute Gasteiger partial charge is 0.174 e. The van der Waals surface area contributed by atoms with E-state index in [9.17, 15) is 0 Å². The van der Waals surface area contributed by atoms with Crippen molar-refractivity contribution < 1.29 is 4.74 Å². The van der Waals surface area contributed by atoms with Crippen LogP contribution < -0.4 is 10.1 Å². The van der Waals surface area contributed by atoms with Gasteiger partial charge in [0.2, 0.25) is 0 Å². The van der Waals surface area contributed by atoms with Gasteiger partial charge in [-0.05, 0) is 46.6 Å². The van der Waals surface area contributed by atoms with Gasteiger partial charge in [-0.1, -0.05) is 12.1 Å². The SMILES string of the molecule is CC(NCc1cc(Br)cs1)c1ccc(OCC#N)cc1. The molecule has 1 heterocycles. The Morgan fingerprint density at radius 3 is 2.75 bits per heavy atom. The lowest BCUT2D eigenvalue weighted by Crippen LogP contribution is -2.17. The van der Waals surface area contributed by atoms with Crippen molar-refractivity contribution in [1.29, 1.82) is 5.26 Å². The minimum Gasteiger partial charge on any atom is -0.479 e. The minimum absolute atomic E-state index is 0.0837. The molecule has 3 nitrogen and oxygen atoms in total. The first-order valence-electron chi connectivity index (χ1n) is 6.25. The third kappa shape index (κ3) is 4.34. The van der Waals surface area contributed by atoms with Gasteiger partial charge in [0, 0.05) is 27.3 Å². The highest BCUT2D eigenvalue weighted by Crippen LogP contribution is 2.21. The van der Waals surface area contributed by atoms with E-state index in [2.05, 4.69) is 39.6 Å². The summed E-state index contributed by atoms with van der Waals surface area (Å²) in [5.74, 6) is 0.727. The summed E-state index contributed by atoms with van der Waals surface area (Å²) < 4.78 is 6.37. The van der Waals surface area contributed by atoms with E-state index >= 15 is 0 Å². The fraction of sp³-hybridized carbons (Fsp3) is 0.267. The summed E-state index contributed by atoms with van der Waals surface area (Å²) >= 11 is 5.20. The normalized spacial score (nSPS) is 11.8. The second kappa shape index (κ2) is 7.44. The fourth-order valence-corrected chi connectivity index (χ4v) is 3.19. The van der Waals surface area contributed by atoms with Gasteiger partial charge in [0.25, 0.3) is 0 Å². The van der Waals surface area contributed by atoms with E-state index in [1.807, 2.05) is 30.3 Å². The molecule has 1 N–H and O–H groups in total. The molecule has 0 bridgehead atoms. The average molecular weight is 351 g/mol. The molecular formula is C15H15BrN2OS. The number of ether oxygens (including phenoxy) is 1. The molecule has 0 saturated carbocycles. The molecule has 0 aliphatic heterocycles. The summed E-state index contributed by atoms with van der Waals surface area (Å²) in [7, 11) is 0. The van der Waals surface area contributed by atoms with E-state index in [0.29, 0.717) is 0 Å². The zero-order valence-corrected chi connectivity index (χ0v) is 13.5. The van der Waals surface area contributed by atoms with E-state index in [4.69, 9.17) is 10.00 Å². The first-order valence-corrected chi connectivity index (χ1v) is 7.92. The number of hydrogen-bond acceptors (Lipinski definition) is 4. The Kier molecular flexibility index (Phi) is 5.60. The highest BCUT2D eigenvalue weighted by atomic mass is 79.9. The van der Waals surface area contributed by atoms with Crippen LogP contribution >= 0.6 is 27.3 Å². The van der Waals surface area contributed by atoms with E-state index in [1.165, 1.54) is 10.4 Å². The molecule has 104 valence electrons. The number of thiophene rings is 1. The van der Waals surface area contributed by atoms with Crippen LogP contribution in [-0.2, 0) is 6.54 Å². The van der Waals surface area contributed by atoms with E-state index in [1.54, 1.807) is 11.3 Å². The van der Waals surface area contributed by atoms with Gasteiger partial charge in [-0.3, -0.25) is 0 Å². The molecule has 20 heavy (non-hydrogen) atoms. The molecule has 1 atom stereocenters. The maximum absolute atomic E-state index is 8.46. The number of benzene rings is 1. The fourth-order valence-electron chi connectivity index (χ4n) is 1.79. The van der Waals surface area contributed by atoms with Gasteiger partial charge in [0.15, 0.2) is 6.61 Å². The van der Waals surface area contributed by atoms with Gasteiger partial charge in [0.1, 0.15) is 11.8 Å². The van der Waals surface area contributed by atoms with E-state index in [-0.39, 0.29) is 12.6 Å². The summed E-state index contributed by atoms with van der Waals surface area (Å²) in [5, 5.41) is 14.0. The largest absolute Gasteiger partial charge is 0.479 e. The van der Waals surface area contributed by atoms with Gasteiger partial charge >= 0.3 is 0 Å². The molecule has 2 rings (SSSR count). The molecule has 0 aliphatic carbocycles. The summed E-state index contributed by atoms with van der Waals surface area (Å²) in [6.07, 6.45) is 0. The van der Waals surface area contributed by atoms with Crippen molar-refractivity contribution in [1.82, 2.24) is 5.32 Å². The van der Waals surface area contributed by atoms with Crippen LogP contribution in [-0.4, -0.2) is 6.61 Å². The van der Waals surface area contributed by atoms with E-state index in [0.717, 1.165) is 16.8 Å². The van der Waals surface area contributed by atoms with Crippen molar-refractivity contribution in [3.05, 3.63) is 50.6 Å². The van der Waals surface area contributed by atoms with Gasteiger partial charge in [0.05, 0.1) is 0 Å². The van der Waals surface area contributed by atoms with Crippen LogP contribution in [0.5, 0.6) is 5.75 Å². The molecular weight excluding hydrogens is 336 g/mol. The zero-order valence-electron chi connectivity index (χ0n) is 11.1. The molecule has 0 spiro atoms. The lowest BCUT2D eigenvalue weighted by Gasteiger charge is -2.14. The molecule has 0 saturated heterocycles. The van der Waals surface area contributed by atoms with Gasteiger partial charge in [-0.15, -0.1) is 11.3 Å². The summed E-state index contributed by atoms with van der Waals surface area (Å²) in [6, 6.07) is 12.2. The van der Waals surface area contributed by atoms with E-state index < -0.39 is 0 Å². The molecule has 1 aromatic carbocycles. The second-order valence-corrected chi connectivity index (χ2v) is 6.26. The quantitative estimate of drug-likeness (QED) is 0.846. The van der Waals surface area contributed by atoms with Gasteiger partial charge in [-0.2, -0.15) is 5.26 Å². The first kappa shape index (κ1) is 15.0. The van der Waals surface area contributed by atoms with Crippen molar-refractivity contribution in [2.24, 2.45) is 0 Å². The van der Waals surface area contributed by atoms with Crippen LogP contribution in [0.2, 0.25) is 0 Å². The van der Waals surface area contributed by atoms with Gasteiger partial charge in [-0.25, -0.2) is 0 Å². The third-order valence-corrected chi connectivity index (χ3v) is 4.59. The van der Waals surface area contributed by atoms with Crippen molar-refractivity contribution in [3.8, 4) is 11.8 Å². The Morgan fingerprint density at radius 1 is 1.40 bits per heavy atom. The standard InChI is InChI=1S/C15H15BrN2OS/c1-11(18-9-15-8-13(16)10-20-15)12-2-4-14(5-3-12)19-7-6-17/h2-5,8,10-11,18H,7,9H2,1H3. The number of nitriles is 1. The molecule has 2 aromatic rings. The number of nitrogens with zero attached hydrogens (tertiary/aromatic N) is 1. The van der Waals surface area contributed by atoms with Crippen molar-refractivity contribution >= 4 is 27.3 Å². The molecule has 1 aromatic heterocycles. The maximum Gasteiger partial charge on any atom is 0.174 e. The lowest BCUT2D eigenvalue weighted by atomic mass is 10.1.